The zero-order chi connectivity index (χ0) is 16.1. The van der Waals surface area contributed by atoms with Gasteiger partial charge in [0.2, 0.25) is 0 Å². The molecule has 3 aromatic rings. The quantitative estimate of drug-likeness (QED) is 0.459. The van der Waals surface area contributed by atoms with Crippen LogP contribution in [0.15, 0.2) is 78.9 Å². The maximum Gasteiger partial charge on any atom is 0.123 e. The molecule has 0 N–H and O–H groups in total. The van der Waals surface area contributed by atoms with Gasteiger partial charge in [-0.2, -0.15) is 5.26 Å². The van der Waals surface area contributed by atoms with E-state index in [0.717, 1.165) is 16.7 Å². The van der Waals surface area contributed by atoms with Crippen LogP contribution in [0, 0.1) is 17.1 Å². The van der Waals surface area contributed by atoms with Crippen molar-refractivity contribution in [3.8, 4) is 17.2 Å². The number of hydrogen-bond donors (Lipinski definition) is 0. The van der Waals surface area contributed by atoms with Crippen LogP contribution in [0.1, 0.15) is 11.1 Å². The predicted molar refractivity (Wildman–Crippen MR) is 91.8 cm³/mol. The van der Waals surface area contributed by atoms with Gasteiger partial charge in [-0.15, -0.1) is 0 Å². The maximum atomic E-state index is 13.3. The van der Waals surface area contributed by atoms with Crippen molar-refractivity contribution in [1.29, 1.82) is 5.26 Å². The van der Waals surface area contributed by atoms with E-state index in [4.69, 9.17) is 0 Å². The number of halogens is 1. The van der Waals surface area contributed by atoms with Gasteiger partial charge in [-0.3, -0.25) is 0 Å². The first-order chi connectivity index (χ1) is 11.3. The summed E-state index contributed by atoms with van der Waals surface area (Å²) in [5, 5.41) is 9.32. The van der Waals surface area contributed by atoms with Gasteiger partial charge in [0.1, 0.15) is 5.82 Å². The van der Waals surface area contributed by atoms with Crippen molar-refractivity contribution in [3.05, 3.63) is 95.8 Å². The van der Waals surface area contributed by atoms with Gasteiger partial charge < -0.3 is 0 Å². The van der Waals surface area contributed by atoms with Crippen molar-refractivity contribution < 1.29 is 4.39 Å². The summed E-state index contributed by atoms with van der Waals surface area (Å²) in [4.78, 5) is 0. The molecule has 0 heterocycles. The fraction of sp³-hybridized carbons (Fsp3) is 0. The molecule has 0 aliphatic carbocycles. The highest BCUT2D eigenvalue weighted by Crippen LogP contribution is 2.22. The fourth-order valence-corrected chi connectivity index (χ4v) is 2.41. The molecule has 0 aliphatic rings. The summed E-state index contributed by atoms with van der Waals surface area (Å²) in [7, 11) is 0. The van der Waals surface area contributed by atoms with Gasteiger partial charge in [-0.05, 0) is 40.5 Å². The lowest BCUT2D eigenvalue weighted by molar-refractivity contribution is 0.627. The molecular weight excluding hydrogens is 285 g/mol. The van der Waals surface area contributed by atoms with Crippen LogP contribution in [-0.4, -0.2) is 0 Å². The normalized spacial score (nSPS) is 11.0. The molecule has 0 radical (unpaired) electrons. The lowest BCUT2D eigenvalue weighted by Gasteiger charge is -2.03. The monoisotopic (exact) mass is 299 g/mol. The molecule has 0 saturated heterocycles. The molecule has 110 valence electrons. The topological polar surface area (TPSA) is 23.8 Å². The van der Waals surface area contributed by atoms with Crippen LogP contribution in [0.2, 0.25) is 0 Å². The third kappa shape index (κ3) is 3.53. The highest BCUT2D eigenvalue weighted by molar-refractivity contribution is 5.89. The van der Waals surface area contributed by atoms with Gasteiger partial charge in [0.25, 0.3) is 0 Å². The van der Waals surface area contributed by atoms with Crippen LogP contribution in [0.25, 0.3) is 22.8 Å². The van der Waals surface area contributed by atoms with Gasteiger partial charge in [-0.25, -0.2) is 4.39 Å². The maximum absolute atomic E-state index is 13.3. The smallest absolute Gasteiger partial charge is 0.123 e. The third-order valence-electron chi connectivity index (χ3n) is 3.58. The summed E-state index contributed by atoms with van der Waals surface area (Å²) in [6, 6.07) is 26.2. The minimum atomic E-state index is -0.344. The SMILES string of the molecule is N#C/C(=C/c1ccc(-c2ccccc2)cc1)c1cccc(F)c1. The first-order valence-corrected chi connectivity index (χ1v) is 7.29. The van der Waals surface area contributed by atoms with E-state index in [9.17, 15) is 9.65 Å². The zero-order valence-electron chi connectivity index (χ0n) is 12.4. The van der Waals surface area contributed by atoms with E-state index in [1.54, 1.807) is 18.2 Å². The van der Waals surface area contributed by atoms with Gasteiger partial charge >= 0.3 is 0 Å². The molecule has 0 aromatic heterocycles. The Morgan fingerprint density at radius 1 is 0.826 bits per heavy atom. The largest absolute Gasteiger partial charge is 0.207 e. The Kier molecular flexibility index (Phi) is 4.31. The number of rotatable bonds is 3. The summed E-state index contributed by atoms with van der Waals surface area (Å²) < 4.78 is 13.3. The second-order valence-corrected chi connectivity index (χ2v) is 5.17. The van der Waals surface area contributed by atoms with Crippen LogP contribution in [0.5, 0.6) is 0 Å². The molecule has 0 fully saturated rings. The summed E-state index contributed by atoms with van der Waals surface area (Å²) in [6.45, 7) is 0. The molecule has 3 aromatic carbocycles. The minimum Gasteiger partial charge on any atom is -0.207 e. The average molecular weight is 299 g/mol. The van der Waals surface area contributed by atoms with Crippen LogP contribution in [0.3, 0.4) is 0 Å². The Balaban J connectivity index is 1.91. The number of allylic oxidation sites excluding steroid dienone is 1. The van der Waals surface area contributed by atoms with E-state index in [1.165, 1.54) is 12.1 Å². The average Bonchev–Trinajstić information content (AvgIpc) is 2.61. The second kappa shape index (κ2) is 6.72. The van der Waals surface area contributed by atoms with Crippen molar-refractivity contribution in [2.45, 2.75) is 0 Å². The molecule has 2 heteroatoms. The molecule has 0 saturated carbocycles. The predicted octanol–water partition coefficient (Wildman–Crippen LogP) is 5.56. The van der Waals surface area contributed by atoms with Crippen molar-refractivity contribution in [3.63, 3.8) is 0 Å². The van der Waals surface area contributed by atoms with E-state index in [0.29, 0.717) is 11.1 Å². The Bertz CT molecular complexity index is 872. The molecule has 1 nitrogen and oxygen atoms in total. The first-order valence-electron chi connectivity index (χ1n) is 7.29. The van der Waals surface area contributed by atoms with Crippen LogP contribution >= 0.6 is 0 Å². The first kappa shape index (κ1) is 14.7. The third-order valence-corrected chi connectivity index (χ3v) is 3.58. The highest BCUT2D eigenvalue weighted by Gasteiger charge is 2.03. The number of hydrogen-bond acceptors (Lipinski definition) is 1. The highest BCUT2D eigenvalue weighted by atomic mass is 19.1. The zero-order valence-corrected chi connectivity index (χ0v) is 12.4. The summed E-state index contributed by atoms with van der Waals surface area (Å²) >= 11 is 0. The molecular formula is C21H14FN. The molecule has 0 spiro atoms. The van der Waals surface area contributed by atoms with Crippen LogP contribution in [0.4, 0.5) is 4.39 Å². The molecule has 3 rings (SSSR count). The Morgan fingerprint density at radius 3 is 2.17 bits per heavy atom. The van der Waals surface area contributed by atoms with Crippen LogP contribution < -0.4 is 0 Å². The molecule has 0 amide bonds. The second-order valence-electron chi connectivity index (χ2n) is 5.17. The summed E-state index contributed by atoms with van der Waals surface area (Å²) in [6.07, 6.45) is 1.77. The van der Waals surface area contributed by atoms with E-state index >= 15 is 0 Å². The molecule has 0 aliphatic heterocycles. The lowest BCUT2D eigenvalue weighted by Crippen LogP contribution is -1.84. The Labute approximate surface area is 135 Å². The van der Waals surface area contributed by atoms with Gasteiger partial charge in [0.05, 0.1) is 11.6 Å². The number of nitriles is 1. The lowest BCUT2D eigenvalue weighted by atomic mass is 10.0. The van der Waals surface area contributed by atoms with E-state index < -0.39 is 0 Å². The summed E-state index contributed by atoms with van der Waals surface area (Å²) in [5.41, 5.74) is 4.20. The van der Waals surface area contributed by atoms with Crippen molar-refractivity contribution >= 4 is 11.6 Å². The summed E-state index contributed by atoms with van der Waals surface area (Å²) in [5.74, 6) is -0.344. The van der Waals surface area contributed by atoms with Crippen LogP contribution in [-0.2, 0) is 0 Å². The standard InChI is InChI=1S/C21H14FN/c22-21-8-4-7-19(14-21)20(15-23)13-16-9-11-18(12-10-16)17-5-2-1-3-6-17/h1-14H/b20-13-. The van der Waals surface area contributed by atoms with Crippen molar-refractivity contribution in [2.75, 3.05) is 0 Å². The molecule has 23 heavy (non-hydrogen) atoms. The van der Waals surface area contributed by atoms with E-state index in [2.05, 4.69) is 18.2 Å². The van der Waals surface area contributed by atoms with Gasteiger partial charge in [0, 0.05) is 0 Å². The van der Waals surface area contributed by atoms with E-state index in [1.807, 2.05) is 42.5 Å². The van der Waals surface area contributed by atoms with Gasteiger partial charge in [-0.1, -0.05) is 66.7 Å². The van der Waals surface area contributed by atoms with E-state index in [-0.39, 0.29) is 5.82 Å². The Hall–Kier alpha value is -3.18. The van der Waals surface area contributed by atoms with Gasteiger partial charge in [0.15, 0.2) is 0 Å². The Morgan fingerprint density at radius 2 is 1.52 bits per heavy atom. The van der Waals surface area contributed by atoms with Crippen molar-refractivity contribution in [2.24, 2.45) is 0 Å². The molecule has 0 unspecified atom stereocenters. The molecule has 0 bridgehead atoms. The number of nitrogens with zero attached hydrogens (tertiary/aromatic N) is 1. The number of benzene rings is 3. The molecule has 0 atom stereocenters. The fourth-order valence-electron chi connectivity index (χ4n) is 2.41. The van der Waals surface area contributed by atoms with Crippen molar-refractivity contribution in [1.82, 2.24) is 0 Å². The minimum absolute atomic E-state index is 0.344.